The zero-order chi connectivity index (χ0) is 23.3. The van der Waals surface area contributed by atoms with Gasteiger partial charge in [-0.25, -0.2) is 4.79 Å². The second-order valence-electron chi connectivity index (χ2n) is 7.35. The van der Waals surface area contributed by atoms with E-state index in [-0.39, 0.29) is 12.2 Å². The third kappa shape index (κ3) is 5.79. The van der Waals surface area contributed by atoms with Gasteiger partial charge in [0.15, 0.2) is 0 Å². The van der Waals surface area contributed by atoms with Crippen LogP contribution in [0.2, 0.25) is 5.02 Å². The van der Waals surface area contributed by atoms with Crippen molar-refractivity contribution in [1.82, 2.24) is 9.80 Å². The lowest BCUT2D eigenvalue weighted by Crippen LogP contribution is -2.51. The number of piperazine rings is 1. The molecule has 1 aliphatic rings. The van der Waals surface area contributed by atoms with Crippen LogP contribution >= 0.6 is 11.6 Å². The lowest BCUT2D eigenvalue weighted by atomic mass is 10.0. The molecule has 6 nitrogen and oxygen atoms in total. The average molecular weight is 470 g/mol. The van der Waals surface area contributed by atoms with Crippen molar-refractivity contribution < 1.29 is 27.5 Å². The number of anilines is 1. The first-order chi connectivity index (χ1) is 15.2. The quantitative estimate of drug-likeness (QED) is 0.652. The van der Waals surface area contributed by atoms with Crippen molar-refractivity contribution in [1.29, 1.82) is 0 Å². The van der Waals surface area contributed by atoms with Crippen molar-refractivity contribution in [2.24, 2.45) is 0 Å². The standard InChI is InChI=1S/C22H23ClF3N3O3/c1-32-21(31)20(15-6-2-4-8-17(15)23)29-12-10-28(11-13-29)14-19(30)27-18-9-5-3-7-16(18)22(24,25)26/h2-9,20H,10-14H2,1H3,(H,27,30). The van der Waals surface area contributed by atoms with E-state index < -0.39 is 29.7 Å². The molecule has 172 valence electrons. The molecule has 1 amide bonds. The fourth-order valence-corrected chi connectivity index (χ4v) is 3.93. The van der Waals surface area contributed by atoms with Crippen molar-refractivity contribution in [2.45, 2.75) is 12.2 Å². The minimum atomic E-state index is -4.56. The monoisotopic (exact) mass is 469 g/mol. The van der Waals surface area contributed by atoms with Gasteiger partial charge in [-0.2, -0.15) is 13.2 Å². The number of benzene rings is 2. The Morgan fingerprint density at radius 2 is 1.69 bits per heavy atom. The van der Waals surface area contributed by atoms with Gasteiger partial charge < -0.3 is 10.1 Å². The van der Waals surface area contributed by atoms with E-state index in [0.29, 0.717) is 36.8 Å². The van der Waals surface area contributed by atoms with Gasteiger partial charge in [0.25, 0.3) is 0 Å². The number of nitrogens with one attached hydrogen (secondary N) is 1. The summed E-state index contributed by atoms with van der Waals surface area (Å²) in [5, 5.41) is 2.81. The lowest BCUT2D eigenvalue weighted by molar-refractivity contribution is -0.148. The first kappa shape index (κ1) is 24.0. The highest BCUT2D eigenvalue weighted by atomic mass is 35.5. The van der Waals surface area contributed by atoms with Crippen LogP contribution in [0.25, 0.3) is 0 Å². The average Bonchev–Trinajstić information content (AvgIpc) is 2.76. The number of carbonyl (C=O) groups is 2. The molecule has 1 N–H and O–H groups in total. The number of halogens is 4. The summed E-state index contributed by atoms with van der Waals surface area (Å²) < 4.78 is 44.3. The van der Waals surface area contributed by atoms with E-state index in [1.165, 1.54) is 25.3 Å². The lowest BCUT2D eigenvalue weighted by Gasteiger charge is -2.38. The molecule has 0 bridgehead atoms. The molecule has 0 spiro atoms. The van der Waals surface area contributed by atoms with Crippen molar-refractivity contribution in [3.05, 3.63) is 64.7 Å². The first-order valence-corrected chi connectivity index (χ1v) is 10.3. The van der Waals surface area contributed by atoms with Crippen molar-refractivity contribution in [3.8, 4) is 0 Å². The number of carbonyl (C=O) groups excluding carboxylic acids is 2. The summed E-state index contributed by atoms with van der Waals surface area (Å²) in [6.45, 7) is 1.75. The van der Waals surface area contributed by atoms with Crippen LogP contribution in [0.5, 0.6) is 0 Å². The van der Waals surface area contributed by atoms with E-state index in [2.05, 4.69) is 5.32 Å². The van der Waals surface area contributed by atoms with Gasteiger partial charge in [0.05, 0.1) is 24.9 Å². The minimum Gasteiger partial charge on any atom is -0.468 e. The molecular weight excluding hydrogens is 447 g/mol. The molecule has 1 fully saturated rings. The number of hydrogen-bond donors (Lipinski definition) is 1. The van der Waals surface area contributed by atoms with Crippen LogP contribution in [0.4, 0.5) is 18.9 Å². The number of hydrogen-bond acceptors (Lipinski definition) is 5. The van der Waals surface area contributed by atoms with Gasteiger partial charge in [0, 0.05) is 31.2 Å². The highest BCUT2D eigenvalue weighted by Crippen LogP contribution is 2.34. The van der Waals surface area contributed by atoms with Crippen LogP contribution < -0.4 is 5.32 Å². The van der Waals surface area contributed by atoms with Crippen LogP contribution in [0, 0.1) is 0 Å². The van der Waals surface area contributed by atoms with Gasteiger partial charge in [-0.05, 0) is 23.8 Å². The van der Waals surface area contributed by atoms with Gasteiger partial charge >= 0.3 is 12.1 Å². The minimum absolute atomic E-state index is 0.0605. The normalized spacial score (nSPS) is 16.4. The summed E-state index contributed by atoms with van der Waals surface area (Å²) in [5.41, 5.74) is -0.525. The molecule has 1 heterocycles. The molecule has 10 heteroatoms. The molecule has 2 aromatic rings. The van der Waals surface area contributed by atoms with Crippen LogP contribution in [-0.2, 0) is 20.5 Å². The van der Waals surface area contributed by atoms with Crippen LogP contribution in [-0.4, -0.2) is 61.5 Å². The summed E-state index contributed by atoms with van der Waals surface area (Å²) in [5.74, 6) is -0.973. The van der Waals surface area contributed by atoms with Crippen molar-refractivity contribution >= 4 is 29.2 Å². The molecular formula is C22H23ClF3N3O3. The van der Waals surface area contributed by atoms with E-state index in [1.54, 1.807) is 24.3 Å². The smallest absolute Gasteiger partial charge is 0.418 e. The highest BCUT2D eigenvalue weighted by Gasteiger charge is 2.35. The Morgan fingerprint density at radius 1 is 1.06 bits per heavy atom. The SMILES string of the molecule is COC(=O)C(c1ccccc1Cl)N1CCN(CC(=O)Nc2ccccc2C(F)(F)F)CC1. The topological polar surface area (TPSA) is 61.9 Å². The molecule has 0 saturated carbocycles. The molecule has 32 heavy (non-hydrogen) atoms. The van der Waals surface area contributed by atoms with Gasteiger partial charge in [0.1, 0.15) is 6.04 Å². The highest BCUT2D eigenvalue weighted by molar-refractivity contribution is 6.31. The largest absolute Gasteiger partial charge is 0.468 e. The predicted octanol–water partition coefficient (Wildman–Crippen LogP) is 3.83. The Morgan fingerprint density at radius 3 is 2.31 bits per heavy atom. The van der Waals surface area contributed by atoms with E-state index in [0.717, 1.165) is 6.07 Å². The maximum atomic E-state index is 13.1. The van der Waals surface area contributed by atoms with Crippen molar-refractivity contribution in [3.63, 3.8) is 0 Å². The third-order valence-electron chi connectivity index (χ3n) is 5.27. The number of amides is 1. The number of methoxy groups -OCH3 is 1. The summed E-state index contributed by atoms with van der Waals surface area (Å²) in [4.78, 5) is 28.6. The summed E-state index contributed by atoms with van der Waals surface area (Å²) in [7, 11) is 1.31. The van der Waals surface area contributed by atoms with Gasteiger partial charge in [-0.1, -0.05) is 41.9 Å². The fourth-order valence-electron chi connectivity index (χ4n) is 3.69. The summed E-state index contributed by atoms with van der Waals surface area (Å²) in [6.07, 6.45) is -4.56. The number of esters is 1. The predicted molar refractivity (Wildman–Crippen MR) is 114 cm³/mol. The number of para-hydroxylation sites is 1. The summed E-state index contributed by atoms with van der Waals surface area (Å²) >= 11 is 6.28. The molecule has 0 radical (unpaired) electrons. The summed E-state index contributed by atoms with van der Waals surface area (Å²) in [6, 6.07) is 11.2. The van der Waals surface area contributed by atoms with Gasteiger partial charge in [0.2, 0.25) is 5.91 Å². The number of ether oxygens (including phenoxy) is 1. The Labute approximate surface area is 188 Å². The third-order valence-corrected chi connectivity index (χ3v) is 5.61. The van der Waals surface area contributed by atoms with Crippen LogP contribution in [0.3, 0.4) is 0 Å². The molecule has 1 unspecified atom stereocenters. The molecule has 1 atom stereocenters. The maximum absolute atomic E-state index is 13.1. The van der Waals surface area contributed by atoms with Gasteiger partial charge in [-0.15, -0.1) is 0 Å². The number of nitrogens with zero attached hydrogens (tertiary/aromatic N) is 2. The zero-order valence-corrected chi connectivity index (χ0v) is 18.1. The molecule has 2 aromatic carbocycles. The van der Waals surface area contributed by atoms with E-state index in [1.807, 2.05) is 9.80 Å². The second-order valence-corrected chi connectivity index (χ2v) is 7.76. The molecule has 1 aliphatic heterocycles. The van der Waals surface area contributed by atoms with E-state index in [9.17, 15) is 22.8 Å². The molecule has 0 aliphatic carbocycles. The van der Waals surface area contributed by atoms with Gasteiger partial charge in [-0.3, -0.25) is 14.6 Å². The fraction of sp³-hybridized carbons (Fsp3) is 0.364. The molecule has 0 aromatic heterocycles. The van der Waals surface area contributed by atoms with E-state index >= 15 is 0 Å². The van der Waals surface area contributed by atoms with Crippen molar-refractivity contribution in [2.75, 3.05) is 45.2 Å². The number of alkyl halides is 3. The molecule has 1 saturated heterocycles. The Bertz CT molecular complexity index is 963. The number of rotatable bonds is 6. The first-order valence-electron chi connectivity index (χ1n) is 9.95. The van der Waals surface area contributed by atoms with Crippen LogP contribution in [0.15, 0.2) is 48.5 Å². The maximum Gasteiger partial charge on any atom is 0.418 e. The molecule has 3 rings (SSSR count). The second kappa shape index (κ2) is 10.3. The Hall–Kier alpha value is -2.62. The zero-order valence-electron chi connectivity index (χ0n) is 17.4. The Balaban J connectivity index is 1.61. The van der Waals surface area contributed by atoms with Crippen LogP contribution in [0.1, 0.15) is 17.2 Å². The Kier molecular flexibility index (Phi) is 7.76. The van der Waals surface area contributed by atoms with E-state index in [4.69, 9.17) is 16.3 Å².